The van der Waals surface area contributed by atoms with Gasteiger partial charge in [0.15, 0.2) is 6.23 Å². The molecule has 2 heterocycles. The van der Waals surface area contributed by atoms with E-state index in [0.29, 0.717) is 6.42 Å². The minimum atomic E-state index is -1.28. The molecule has 1 aromatic heterocycles. The highest BCUT2D eigenvalue weighted by atomic mass is 19.1. The number of benzene rings is 1. The van der Waals surface area contributed by atoms with Crippen LogP contribution in [0.5, 0.6) is 0 Å². The highest BCUT2D eigenvalue weighted by Gasteiger charge is 2.56. The molecule has 1 aliphatic heterocycles. The van der Waals surface area contributed by atoms with Crippen LogP contribution in [0.25, 0.3) is 0 Å². The Hall–Kier alpha value is -2.25. The molecule has 1 saturated heterocycles. The zero-order valence-corrected chi connectivity index (χ0v) is 15.0. The van der Waals surface area contributed by atoms with Gasteiger partial charge in [-0.1, -0.05) is 44.2 Å². The molecule has 6 nitrogen and oxygen atoms in total. The minimum absolute atomic E-state index is 0.111. The van der Waals surface area contributed by atoms with Crippen molar-refractivity contribution in [2.24, 2.45) is 5.92 Å². The molecular formula is C19H24FN3O3. The second-order valence-electron chi connectivity index (χ2n) is 6.63. The Morgan fingerprint density at radius 2 is 2.08 bits per heavy atom. The molecule has 140 valence electrons. The normalized spacial score (nSPS) is 28.3. The number of anilines is 1. The monoisotopic (exact) mass is 361 g/mol. The van der Waals surface area contributed by atoms with E-state index >= 15 is 0 Å². The van der Waals surface area contributed by atoms with E-state index in [1.54, 1.807) is 0 Å². The number of nitrogens with two attached hydrogens (primary N) is 1. The lowest BCUT2D eigenvalue weighted by Gasteiger charge is -2.35. The maximum atomic E-state index is 14.4. The van der Waals surface area contributed by atoms with Crippen LogP contribution >= 0.6 is 0 Å². The van der Waals surface area contributed by atoms with Gasteiger partial charge in [0, 0.05) is 12.1 Å². The fourth-order valence-corrected chi connectivity index (χ4v) is 3.51. The first-order chi connectivity index (χ1) is 12.5. The van der Waals surface area contributed by atoms with Gasteiger partial charge in [-0.2, -0.15) is 4.98 Å². The molecule has 4 atom stereocenters. The molecule has 0 spiro atoms. The largest absolute Gasteiger partial charge is 0.383 e. The summed E-state index contributed by atoms with van der Waals surface area (Å²) < 4.78 is 27.8. The van der Waals surface area contributed by atoms with E-state index < -0.39 is 24.2 Å². The topological polar surface area (TPSA) is 79.4 Å². The molecule has 2 aromatic rings. The van der Waals surface area contributed by atoms with Gasteiger partial charge >= 0.3 is 5.69 Å². The lowest BCUT2D eigenvalue weighted by atomic mass is 9.86. The van der Waals surface area contributed by atoms with Crippen molar-refractivity contribution < 1.29 is 13.9 Å². The predicted molar refractivity (Wildman–Crippen MR) is 96.2 cm³/mol. The van der Waals surface area contributed by atoms with Crippen molar-refractivity contribution in [3.05, 3.63) is 58.6 Å². The number of hydrogen-bond donors (Lipinski definition) is 1. The number of rotatable bonds is 6. The zero-order valence-electron chi connectivity index (χ0n) is 15.0. The van der Waals surface area contributed by atoms with Crippen LogP contribution in [0.15, 0.2) is 47.4 Å². The van der Waals surface area contributed by atoms with Gasteiger partial charge in [-0.05, 0) is 18.1 Å². The summed E-state index contributed by atoms with van der Waals surface area (Å²) in [6, 6.07) is 11.0. The van der Waals surface area contributed by atoms with Crippen LogP contribution in [-0.4, -0.2) is 27.9 Å². The van der Waals surface area contributed by atoms with Gasteiger partial charge in [0.2, 0.25) is 0 Å². The average molecular weight is 361 g/mol. The molecule has 0 bridgehead atoms. The molecule has 1 aromatic carbocycles. The highest BCUT2D eigenvalue weighted by Crippen LogP contribution is 2.46. The lowest BCUT2D eigenvalue weighted by Crippen LogP contribution is -2.48. The van der Waals surface area contributed by atoms with Crippen molar-refractivity contribution in [1.29, 1.82) is 0 Å². The van der Waals surface area contributed by atoms with Crippen LogP contribution < -0.4 is 11.4 Å². The Kier molecular flexibility index (Phi) is 5.38. The molecule has 7 heteroatoms. The van der Waals surface area contributed by atoms with E-state index in [9.17, 15) is 9.18 Å². The summed E-state index contributed by atoms with van der Waals surface area (Å²) in [5, 5.41) is 0. The summed E-state index contributed by atoms with van der Waals surface area (Å²) in [5.74, 6) is -0.129. The molecule has 1 fully saturated rings. The van der Waals surface area contributed by atoms with Crippen LogP contribution in [0.2, 0.25) is 0 Å². The van der Waals surface area contributed by atoms with Crippen molar-refractivity contribution in [2.75, 3.05) is 12.4 Å². The van der Waals surface area contributed by atoms with Gasteiger partial charge in [-0.15, -0.1) is 0 Å². The standard InChI is InChI=1S/C19H24FN3O3/c1-3-15-13(2)19(12-20,25-11-14-7-5-4-6-8-14)17(26-15)23-10-9-16(21)22-18(23)24/h4-10,13,15,17H,3,11-12H2,1-2H3,(H2,21,22,24)/t13-,15-,17-,19-/m1/s1. The maximum absolute atomic E-state index is 14.4. The van der Waals surface area contributed by atoms with Crippen molar-refractivity contribution in [3.8, 4) is 0 Å². The lowest BCUT2D eigenvalue weighted by molar-refractivity contribution is -0.154. The number of nitrogens with zero attached hydrogens (tertiary/aromatic N) is 2. The van der Waals surface area contributed by atoms with Gasteiger partial charge < -0.3 is 15.2 Å². The quantitative estimate of drug-likeness (QED) is 0.856. The van der Waals surface area contributed by atoms with Crippen LogP contribution in [0, 0.1) is 5.92 Å². The van der Waals surface area contributed by atoms with Gasteiger partial charge in [-0.3, -0.25) is 4.57 Å². The van der Waals surface area contributed by atoms with E-state index in [0.717, 1.165) is 5.56 Å². The predicted octanol–water partition coefficient (Wildman–Crippen LogP) is 2.69. The minimum Gasteiger partial charge on any atom is -0.383 e. The number of nitrogen functional groups attached to an aromatic ring is 1. The number of ether oxygens (including phenoxy) is 2. The van der Waals surface area contributed by atoms with Crippen molar-refractivity contribution in [2.45, 2.75) is 44.8 Å². The van der Waals surface area contributed by atoms with Crippen molar-refractivity contribution in [1.82, 2.24) is 9.55 Å². The number of aromatic nitrogens is 2. The zero-order chi connectivity index (χ0) is 18.7. The SMILES string of the molecule is CC[C@H]1O[C@@H](n2ccc(N)nc2=O)[C@](CF)(OCc2ccccc2)[C@@H]1C. The maximum Gasteiger partial charge on any atom is 0.351 e. The van der Waals surface area contributed by atoms with Crippen molar-refractivity contribution >= 4 is 5.82 Å². The third kappa shape index (κ3) is 3.24. The molecule has 2 N–H and O–H groups in total. The first kappa shape index (κ1) is 18.5. The van der Waals surface area contributed by atoms with Crippen LogP contribution in [-0.2, 0) is 16.1 Å². The fraction of sp³-hybridized carbons (Fsp3) is 0.474. The van der Waals surface area contributed by atoms with E-state index in [4.69, 9.17) is 15.2 Å². The van der Waals surface area contributed by atoms with E-state index in [1.165, 1.54) is 16.8 Å². The van der Waals surface area contributed by atoms with Gasteiger partial charge in [0.05, 0.1) is 12.7 Å². The van der Waals surface area contributed by atoms with Crippen molar-refractivity contribution in [3.63, 3.8) is 0 Å². The summed E-state index contributed by atoms with van der Waals surface area (Å²) in [5.41, 5.74) is 4.63. The molecule has 0 radical (unpaired) electrons. The van der Waals surface area contributed by atoms with Gasteiger partial charge in [-0.25, -0.2) is 9.18 Å². The van der Waals surface area contributed by atoms with Crippen LogP contribution in [0.1, 0.15) is 32.1 Å². The van der Waals surface area contributed by atoms with Gasteiger partial charge in [0.1, 0.15) is 18.1 Å². The number of hydrogen-bond acceptors (Lipinski definition) is 5. The first-order valence-corrected chi connectivity index (χ1v) is 8.75. The average Bonchev–Trinajstić information content (AvgIpc) is 2.93. The molecular weight excluding hydrogens is 337 g/mol. The molecule has 0 unspecified atom stereocenters. The Morgan fingerprint density at radius 3 is 2.69 bits per heavy atom. The molecule has 3 rings (SSSR count). The second-order valence-corrected chi connectivity index (χ2v) is 6.63. The molecule has 0 aliphatic carbocycles. The smallest absolute Gasteiger partial charge is 0.351 e. The third-order valence-electron chi connectivity index (χ3n) is 5.12. The molecule has 1 aliphatic rings. The van der Waals surface area contributed by atoms with Gasteiger partial charge in [0.25, 0.3) is 0 Å². The third-order valence-corrected chi connectivity index (χ3v) is 5.12. The van der Waals surface area contributed by atoms with Crippen LogP contribution in [0.3, 0.4) is 0 Å². The first-order valence-electron chi connectivity index (χ1n) is 8.75. The summed E-state index contributed by atoms with van der Waals surface area (Å²) in [4.78, 5) is 16.1. The number of halogens is 1. The Bertz CT molecular complexity index is 798. The summed E-state index contributed by atoms with van der Waals surface area (Å²) in [6.07, 6.45) is 1.04. The second kappa shape index (κ2) is 7.55. The Balaban J connectivity index is 1.98. The van der Waals surface area contributed by atoms with E-state index in [1.807, 2.05) is 44.2 Å². The van der Waals surface area contributed by atoms with E-state index in [2.05, 4.69) is 4.98 Å². The fourth-order valence-electron chi connectivity index (χ4n) is 3.51. The molecule has 0 amide bonds. The van der Waals surface area contributed by atoms with E-state index in [-0.39, 0.29) is 24.4 Å². The molecule has 26 heavy (non-hydrogen) atoms. The Morgan fingerprint density at radius 1 is 1.35 bits per heavy atom. The summed E-state index contributed by atoms with van der Waals surface area (Å²) >= 11 is 0. The summed E-state index contributed by atoms with van der Waals surface area (Å²) in [7, 11) is 0. The summed E-state index contributed by atoms with van der Waals surface area (Å²) in [6.45, 7) is 3.31. The highest BCUT2D eigenvalue weighted by molar-refractivity contribution is 5.24. The van der Waals surface area contributed by atoms with Crippen LogP contribution in [0.4, 0.5) is 10.2 Å². The Labute approximate surface area is 151 Å². The molecule has 0 saturated carbocycles. The number of alkyl halides is 1.